The summed E-state index contributed by atoms with van der Waals surface area (Å²) in [5.41, 5.74) is 5.60. The van der Waals surface area contributed by atoms with Crippen LogP contribution in [0.2, 0.25) is 0 Å². The predicted molar refractivity (Wildman–Crippen MR) is 178 cm³/mol. The number of ether oxygens (including phenoxy) is 7. The normalized spacial score (nSPS) is 36.6. The molecular formula is C33H44N2O20. The maximum atomic E-state index is 13.3. The number of anilines is 1. The molecule has 22 nitrogen and oxygen atoms in total. The van der Waals surface area contributed by atoms with Crippen LogP contribution in [-0.2, 0) is 39.6 Å². The van der Waals surface area contributed by atoms with Crippen LogP contribution in [0.5, 0.6) is 5.75 Å². The fourth-order valence-electron chi connectivity index (χ4n) is 6.33. The van der Waals surface area contributed by atoms with Gasteiger partial charge in [0.15, 0.2) is 30.7 Å². The number of esters is 1. The van der Waals surface area contributed by atoms with E-state index in [0.29, 0.717) is 5.56 Å². The molecule has 12 N–H and O–H groups in total. The molecule has 0 unspecified atom stereocenters. The van der Waals surface area contributed by atoms with Gasteiger partial charge in [-0.1, -0.05) is 18.2 Å². The van der Waals surface area contributed by atoms with E-state index in [1.807, 2.05) is 0 Å². The van der Waals surface area contributed by atoms with Crippen molar-refractivity contribution in [1.29, 1.82) is 0 Å². The molecule has 0 bridgehead atoms. The van der Waals surface area contributed by atoms with Gasteiger partial charge in [0.2, 0.25) is 0 Å². The minimum atomic E-state index is -2.02. The number of aromatic hydroxyl groups is 1. The maximum absolute atomic E-state index is 13.3. The van der Waals surface area contributed by atoms with E-state index in [9.17, 15) is 66.0 Å². The smallest absolute Gasteiger partial charge is 0.340 e. The number of phenolic OH excluding ortho intramolecular Hbond substituents is 1. The monoisotopic (exact) mass is 788 g/mol. The highest BCUT2D eigenvalue weighted by Gasteiger charge is 2.55. The van der Waals surface area contributed by atoms with Crippen LogP contribution in [0.25, 0.3) is 0 Å². The summed E-state index contributed by atoms with van der Waals surface area (Å²) in [7, 11) is 0. The molecule has 3 heterocycles. The Morgan fingerprint density at radius 3 is 1.95 bits per heavy atom. The third-order valence-corrected chi connectivity index (χ3v) is 9.38. The Morgan fingerprint density at radius 2 is 1.31 bits per heavy atom. The van der Waals surface area contributed by atoms with Gasteiger partial charge in [-0.2, -0.15) is 0 Å². The number of aliphatic hydroxyl groups is 9. The number of rotatable bonds is 14. The van der Waals surface area contributed by atoms with Gasteiger partial charge < -0.3 is 90.0 Å². The van der Waals surface area contributed by atoms with Crippen molar-refractivity contribution in [3.63, 3.8) is 0 Å². The van der Waals surface area contributed by atoms with E-state index in [2.05, 4.69) is 0 Å². The molecule has 3 aliphatic heterocycles. The second-order valence-electron chi connectivity index (χ2n) is 13.0. The number of phenols is 1. The molecule has 2 aromatic rings. The quantitative estimate of drug-likeness (QED) is 0.0374. The van der Waals surface area contributed by atoms with Crippen LogP contribution in [0.3, 0.4) is 0 Å². The van der Waals surface area contributed by atoms with Crippen LogP contribution in [-0.4, -0.2) is 181 Å². The van der Waals surface area contributed by atoms with Crippen molar-refractivity contribution < 1.29 is 93.9 Å². The third-order valence-electron chi connectivity index (χ3n) is 9.38. The summed E-state index contributed by atoms with van der Waals surface area (Å²) < 4.78 is 39.6. The van der Waals surface area contributed by atoms with E-state index in [-0.39, 0.29) is 24.3 Å². The van der Waals surface area contributed by atoms with Gasteiger partial charge in [0.1, 0.15) is 67.1 Å². The van der Waals surface area contributed by atoms with Crippen LogP contribution in [0.15, 0.2) is 42.5 Å². The van der Waals surface area contributed by atoms with Crippen molar-refractivity contribution in [2.24, 2.45) is 0 Å². The number of aliphatic hydroxyl groups excluding tert-OH is 9. The molecule has 5 rings (SSSR count). The van der Waals surface area contributed by atoms with Crippen LogP contribution < -0.4 is 5.73 Å². The Kier molecular flexibility index (Phi) is 14.3. The van der Waals surface area contributed by atoms with Crippen LogP contribution >= 0.6 is 0 Å². The number of nitrogens with two attached hydrogens (primary N) is 1. The van der Waals surface area contributed by atoms with E-state index in [4.69, 9.17) is 38.9 Å². The maximum Gasteiger partial charge on any atom is 0.340 e. The minimum Gasteiger partial charge on any atom is -0.502 e. The van der Waals surface area contributed by atoms with E-state index >= 15 is 0 Å². The third kappa shape index (κ3) is 9.31. The van der Waals surface area contributed by atoms with Crippen LogP contribution in [0, 0.1) is 10.1 Å². The molecular weight excluding hydrogens is 744 g/mol. The summed E-state index contributed by atoms with van der Waals surface area (Å²) in [5, 5.41) is 116. The number of nitrogen functional groups attached to an aromatic ring is 1. The van der Waals surface area contributed by atoms with Gasteiger partial charge in [-0.25, -0.2) is 4.79 Å². The number of carbonyl (C=O) groups is 1. The first kappa shape index (κ1) is 42.5. The fraction of sp³-hybridized carbons (Fsp3) is 0.606. The predicted octanol–water partition coefficient (Wildman–Crippen LogP) is -4.25. The molecule has 306 valence electrons. The lowest BCUT2D eigenvalue weighted by Gasteiger charge is -2.48. The topological polar surface area (TPSA) is 353 Å². The second kappa shape index (κ2) is 18.5. The molecule has 3 aliphatic rings. The lowest BCUT2D eigenvalue weighted by Crippen LogP contribution is -2.67. The molecule has 3 fully saturated rings. The molecule has 55 heavy (non-hydrogen) atoms. The Balaban J connectivity index is 1.34. The highest BCUT2D eigenvalue weighted by molar-refractivity contribution is 5.95. The number of nitro benzene ring substituents is 1. The number of nitro groups is 1. The van der Waals surface area contributed by atoms with E-state index < -0.39 is 134 Å². The lowest BCUT2D eigenvalue weighted by atomic mass is 9.95. The van der Waals surface area contributed by atoms with Gasteiger partial charge in [0.05, 0.1) is 36.9 Å². The van der Waals surface area contributed by atoms with Crippen molar-refractivity contribution in [1.82, 2.24) is 0 Å². The fourth-order valence-corrected chi connectivity index (χ4v) is 6.33. The number of carbonyl (C=O) groups excluding carboxylic acids is 1. The van der Waals surface area contributed by atoms with Gasteiger partial charge in [0, 0.05) is 11.8 Å². The van der Waals surface area contributed by atoms with Crippen molar-refractivity contribution in [3.05, 3.63) is 63.7 Å². The number of hydrogen-bond donors (Lipinski definition) is 11. The first-order chi connectivity index (χ1) is 26.2. The van der Waals surface area contributed by atoms with E-state index in [1.54, 1.807) is 0 Å². The highest BCUT2D eigenvalue weighted by atomic mass is 16.8. The Labute approximate surface area is 311 Å². The summed E-state index contributed by atoms with van der Waals surface area (Å²) in [5.74, 6) is -1.65. The Hall–Kier alpha value is -3.69. The van der Waals surface area contributed by atoms with Gasteiger partial charge in [-0.15, -0.1) is 0 Å². The molecule has 2 aromatic carbocycles. The van der Waals surface area contributed by atoms with Crippen molar-refractivity contribution in [2.45, 2.75) is 98.5 Å². The first-order valence-corrected chi connectivity index (χ1v) is 17.0. The van der Waals surface area contributed by atoms with Crippen LogP contribution in [0.1, 0.15) is 15.9 Å². The molecule has 0 spiro atoms. The molecule has 0 radical (unpaired) electrons. The molecule has 0 saturated carbocycles. The van der Waals surface area contributed by atoms with Gasteiger partial charge in [0.25, 0.3) is 0 Å². The number of hydrogen-bond acceptors (Lipinski definition) is 21. The standard InChI is InChI=1S/C33H44N2O20/c34-15-4-2-1-3-14(15)30(46)53-29-26(45)28(54-32-24(43)22(41)21(40)18(10-36)50-32)20(12-38)52-33(29)55-27-19(11-37)51-31(25(44)23(27)42)49-8-7-13-5-6-17(39)16(9-13)35(47)48/h1-6,9,18-29,31-33,36-45H,7-8,10-12,34H2/t18-,19-,20-,21-,22+,23-,24-,25-,26+,27-,28-,29-,31-,32+,33+/m1/s1. The Morgan fingerprint density at radius 1 is 0.727 bits per heavy atom. The lowest BCUT2D eigenvalue weighted by molar-refractivity contribution is -0.385. The van der Waals surface area contributed by atoms with Crippen molar-refractivity contribution >= 4 is 17.3 Å². The summed E-state index contributed by atoms with van der Waals surface area (Å²) >= 11 is 0. The SMILES string of the molecule is Nc1ccccc1C(=O)O[C@H]1[C@H](O[C@H]2[C@H](O)[C@@H](O)[C@H](OCCc3ccc(O)c([N+](=O)[O-])c3)O[C@@H]2CO)O[C@H](CO)[C@@H](O[C@@H]2O[C@H](CO)[C@@H](O)[C@H](O)[C@H]2O)[C@@H]1O. The Bertz CT molecular complexity index is 1600. The summed E-state index contributed by atoms with van der Waals surface area (Å²) in [6.45, 7) is -2.82. The van der Waals surface area contributed by atoms with Crippen molar-refractivity contribution in [3.8, 4) is 5.75 Å². The number of para-hydroxylation sites is 1. The van der Waals surface area contributed by atoms with E-state index in [0.717, 1.165) is 12.1 Å². The molecule has 3 saturated heterocycles. The van der Waals surface area contributed by atoms with Crippen molar-refractivity contribution in [2.75, 3.05) is 32.2 Å². The zero-order chi connectivity index (χ0) is 40.1. The highest BCUT2D eigenvalue weighted by Crippen LogP contribution is 2.35. The first-order valence-electron chi connectivity index (χ1n) is 17.0. The number of benzene rings is 2. The molecule has 0 aromatic heterocycles. The molecule has 0 amide bonds. The largest absolute Gasteiger partial charge is 0.502 e. The summed E-state index contributed by atoms with van der Waals surface area (Å²) in [4.78, 5) is 23.7. The number of nitrogens with zero attached hydrogens (tertiary/aromatic N) is 1. The van der Waals surface area contributed by atoms with Gasteiger partial charge in [-0.05, 0) is 30.2 Å². The summed E-state index contributed by atoms with van der Waals surface area (Å²) in [6.07, 6.45) is -26.5. The van der Waals surface area contributed by atoms with E-state index in [1.165, 1.54) is 30.3 Å². The van der Waals surface area contributed by atoms with Gasteiger partial charge in [-0.3, -0.25) is 10.1 Å². The second-order valence-corrected chi connectivity index (χ2v) is 13.0. The van der Waals surface area contributed by atoms with Crippen LogP contribution in [0.4, 0.5) is 11.4 Å². The average molecular weight is 789 g/mol. The average Bonchev–Trinajstić information content (AvgIpc) is 3.17. The zero-order valence-electron chi connectivity index (χ0n) is 28.8. The van der Waals surface area contributed by atoms with Gasteiger partial charge >= 0.3 is 11.7 Å². The zero-order valence-corrected chi connectivity index (χ0v) is 28.8. The molecule has 0 aliphatic carbocycles. The molecule has 15 atom stereocenters. The summed E-state index contributed by atoms with van der Waals surface area (Å²) in [6, 6.07) is 9.36. The molecule has 22 heteroatoms. The minimum absolute atomic E-state index is 0.0206.